The van der Waals surface area contributed by atoms with Crippen LogP contribution in [-0.4, -0.2) is 34.2 Å². The summed E-state index contributed by atoms with van der Waals surface area (Å²) in [6.45, 7) is 3.72. The van der Waals surface area contributed by atoms with Gasteiger partial charge in [0.2, 0.25) is 0 Å². The van der Waals surface area contributed by atoms with Gasteiger partial charge in [0.1, 0.15) is 11.6 Å². The topological polar surface area (TPSA) is 76.6 Å². The van der Waals surface area contributed by atoms with E-state index in [0.717, 1.165) is 15.1 Å². The van der Waals surface area contributed by atoms with E-state index >= 15 is 0 Å². The molecular weight excluding hydrogens is 364 g/mol. The van der Waals surface area contributed by atoms with Crippen LogP contribution in [0, 0.1) is 0 Å². The van der Waals surface area contributed by atoms with Crippen LogP contribution in [0.1, 0.15) is 36.1 Å². The summed E-state index contributed by atoms with van der Waals surface area (Å²) in [6, 6.07) is 12.0. The van der Waals surface area contributed by atoms with Gasteiger partial charge in [-0.3, -0.25) is 14.5 Å². The molecule has 1 aliphatic heterocycles. The van der Waals surface area contributed by atoms with E-state index in [-0.39, 0.29) is 35.7 Å². The van der Waals surface area contributed by atoms with Crippen molar-refractivity contribution < 1.29 is 19.1 Å². The molecule has 0 radical (unpaired) electrons. The molecule has 134 valence electrons. The third-order valence-electron chi connectivity index (χ3n) is 4.18. The second kappa shape index (κ2) is 6.77. The standard InChI is InChI=1S/C20H14N2O4S/c1-2-9-22-18(23)13-8-7-12(10-14(13)19(22)24)20(25)26-11-17-21-15-5-3-4-6-16(15)27-17/h2-8,10H,1,9,11H2. The number of carbonyl (C=O) groups excluding carboxylic acids is 3. The normalized spacial score (nSPS) is 13.1. The number of thiazole rings is 1. The summed E-state index contributed by atoms with van der Waals surface area (Å²) in [5.41, 5.74) is 1.56. The number of aromatic nitrogens is 1. The summed E-state index contributed by atoms with van der Waals surface area (Å²) < 4.78 is 6.34. The van der Waals surface area contributed by atoms with Crippen molar-refractivity contribution in [1.29, 1.82) is 0 Å². The first-order valence-corrected chi connectivity index (χ1v) is 9.03. The number of para-hydroxylation sites is 1. The second-order valence-electron chi connectivity index (χ2n) is 5.92. The van der Waals surface area contributed by atoms with Crippen LogP contribution >= 0.6 is 11.3 Å². The van der Waals surface area contributed by atoms with Crippen LogP contribution in [0.4, 0.5) is 0 Å². The maximum Gasteiger partial charge on any atom is 0.338 e. The molecule has 27 heavy (non-hydrogen) atoms. The minimum absolute atomic E-state index is 0.0464. The molecule has 2 aromatic carbocycles. The fourth-order valence-corrected chi connectivity index (χ4v) is 3.79. The van der Waals surface area contributed by atoms with Gasteiger partial charge >= 0.3 is 5.97 Å². The Balaban J connectivity index is 1.51. The molecule has 0 spiro atoms. The van der Waals surface area contributed by atoms with E-state index in [1.807, 2.05) is 24.3 Å². The highest BCUT2D eigenvalue weighted by molar-refractivity contribution is 7.18. The summed E-state index contributed by atoms with van der Waals surface area (Å²) in [4.78, 5) is 42.4. The number of benzene rings is 2. The number of ether oxygens (including phenoxy) is 1. The van der Waals surface area contributed by atoms with Crippen LogP contribution in [0.2, 0.25) is 0 Å². The van der Waals surface area contributed by atoms with Gasteiger partial charge < -0.3 is 4.74 Å². The van der Waals surface area contributed by atoms with Crippen LogP contribution in [0.25, 0.3) is 10.2 Å². The van der Waals surface area contributed by atoms with Crippen molar-refractivity contribution in [2.24, 2.45) is 0 Å². The van der Waals surface area contributed by atoms with Crippen molar-refractivity contribution in [1.82, 2.24) is 9.88 Å². The molecule has 0 fully saturated rings. The largest absolute Gasteiger partial charge is 0.455 e. The van der Waals surface area contributed by atoms with Gasteiger partial charge in [-0.1, -0.05) is 18.2 Å². The lowest BCUT2D eigenvalue weighted by atomic mass is 10.1. The lowest BCUT2D eigenvalue weighted by molar-refractivity contribution is 0.0472. The summed E-state index contributed by atoms with van der Waals surface area (Å²) in [6.07, 6.45) is 1.48. The Morgan fingerprint density at radius 1 is 1.15 bits per heavy atom. The number of imide groups is 1. The maximum absolute atomic E-state index is 12.4. The number of esters is 1. The number of hydrogen-bond acceptors (Lipinski definition) is 6. The number of amides is 2. The van der Waals surface area contributed by atoms with Gasteiger partial charge in [-0.15, -0.1) is 17.9 Å². The van der Waals surface area contributed by atoms with Crippen molar-refractivity contribution in [3.8, 4) is 0 Å². The average Bonchev–Trinajstić information content (AvgIpc) is 3.20. The molecular formula is C20H14N2O4S. The first-order chi connectivity index (χ1) is 13.1. The van der Waals surface area contributed by atoms with Crippen molar-refractivity contribution in [2.75, 3.05) is 6.54 Å². The van der Waals surface area contributed by atoms with Crippen LogP contribution < -0.4 is 0 Å². The van der Waals surface area contributed by atoms with Crippen LogP contribution in [-0.2, 0) is 11.3 Å². The van der Waals surface area contributed by atoms with E-state index < -0.39 is 11.9 Å². The molecule has 0 unspecified atom stereocenters. The highest BCUT2D eigenvalue weighted by Gasteiger charge is 2.35. The Labute approximate surface area is 158 Å². The van der Waals surface area contributed by atoms with Crippen LogP contribution in [0.3, 0.4) is 0 Å². The predicted molar refractivity (Wildman–Crippen MR) is 101 cm³/mol. The van der Waals surface area contributed by atoms with Crippen molar-refractivity contribution in [3.05, 3.63) is 76.8 Å². The van der Waals surface area contributed by atoms with E-state index in [2.05, 4.69) is 11.6 Å². The Bertz CT molecular complexity index is 1070. The van der Waals surface area contributed by atoms with Gasteiger partial charge in [-0.2, -0.15) is 0 Å². The fraction of sp³-hybridized carbons (Fsp3) is 0.100. The van der Waals surface area contributed by atoms with Gasteiger partial charge in [0.05, 0.1) is 26.9 Å². The zero-order valence-corrected chi connectivity index (χ0v) is 15.0. The third-order valence-corrected chi connectivity index (χ3v) is 5.19. The lowest BCUT2D eigenvalue weighted by Gasteiger charge is -2.09. The number of fused-ring (bicyclic) bond motifs is 2. The number of nitrogens with zero attached hydrogens (tertiary/aromatic N) is 2. The molecule has 0 saturated carbocycles. The van der Waals surface area contributed by atoms with E-state index in [0.29, 0.717) is 5.01 Å². The highest BCUT2D eigenvalue weighted by atomic mass is 32.1. The molecule has 0 bridgehead atoms. The predicted octanol–water partition coefficient (Wildman–Crippen LogP) is 3.44. The first kappa shape index (κ1) is 17.1. The molecule has 1 aromatic heterocycles. The zero-order valence-electron chi connectivity index (χ0n) is 14.2. The minimum Gasteiger partial charge on any atom is -0.455 e. The maximum atomic E-state index is 12.4. The first-order valence-electron chi connectivity index (χ1n) is 8.21. The van der Waals surface area contributed by atoms with E-state index in [9.17, 15) is 14.4 Å². The molecule has 2 heterocycles. The molecule has 1 aliphatic rings. The molecule has 0 atom stereocenters. The molecule has 7 heteroatoms. The van der Waals surface area contributed by atoms with Crippen LogP contribution in [0.15, 0.2) is 55.1 Å². The lowest BCUT2D eigenvalue weighted by Crippen LogP contribution is -2.29. The molecule has 2 amide bonds. The second-order valence-corrected chi connectivity index (χ2v) is 7.04. The number of rotatable bonds is 5. The Hall–Kier alpha value is -3.32. The van der Waals surface area contributed by atoms with Crippen molar-refractivity contribution >= 4 is 39.3 Å². The van der Waals surface area contributed by atoms with Gasteiger partial charge in [-0.25, -0.2) is 9.78 Å². The third kappa shape index (κ3) is 3.02. The molecule has 0 aliphatic carbocycles. The van der Waals surface area contributed by atoms with Crippen molar-refractivity contribution in [2.45, 2.75) is 6.61 Å². The fourth-order valence-electron chi connectivity index (χ4n) is 2.90. The average molecular weight is 378 g/mol. The molecule has 3 aromatic rings. The minimum atomic E-state index is -0.570. The molecule has 0 saturated heterocycles. The van der Waals surface area contributed by atoms with Gasteiger partial charge in [-0.05, 0) is 30.3 Å². The zero-order chi connectivity index (χ0) is 19.0. The monoisotopic (exact) mass is 378 g/mol. The Kier molecular flexibility index (Phi) is 4.29. The quantitative estimate of drug-likeness (QED) is 0.386. The summed E-state index contributed by atoms with van der Waals surface area (Å²) in [5, 5.41) is 0.689. The Morgan fingerprint density at radius 2 is 1.93 bits per heavy atom. The molecule has 0 N–H and O–H groups in total. The summed E-state index contributed by atoms with van der Waals surface area (Å²) in [5.74, 6) is -1.39. The Morgan fingerprint density at radius 3 is 2.70 bits per heavy atom. The van der Waals surface area contributed by atoms with Gasteiger partial charge in [0.15, 0.2) is 0 Å². The van der Waals surface area contributed by atoms with Crippen LogP contribution in [0.5, 0.6) is 0 Å². The highest BCUT2D eigenvalue weighted by Crippen LogP contribution is 2.25. The van der Waals surface area contributed by atoms with Gasteiger partial charge in [0, 0.05) is 6.54 Å². The van der Waals surface area contributed by atoms with E-state index in [1.165, 1.54) is 35.6 Å². The molecule has 4 rings (SSSR count). The van der Waals surface area contributed by atoms with Gasteiger partial charge in [0.25, 0.3) is 11.8 Å². The SMILES string of the molecule is C=CCN1C(=O)c2ccc(C(=O)OCc3nc4ccccc4s3)cc2C1=O. The molecule has 6 nitrogen and oxygen atoms in total. The number of hydrogen-bond donors (Lipinski definition) is 0. The summed E-state index contributed by atoms with van der Waals surface area (Å²) >= 11 is 1.46. The van der Waals surface area contributed by atoms with Crippen molar-refractivity contribution in [3.63, 3.8) is 0 Å². The smallest absolute Gasteiger partial charge is 0.338 e. The number of carbonyl (C=O) groups is 3. The van der Waals surface area contributed by atoms with E-state index in [1.54, 1.807) is 0 Å². The summed E-state index contributed by atoms with van der Waals surface area (Å²) in [7, 11) is 0. The van der Waals surface area contributed by atoms with E-state index in [4.69, 9.17) is 4.74 Å².